The van der Waals surface area contributed by atoms with Gasteiger partial charge in [0.15, 0.2) is 6.29 Å². The molecule has 0 saturated carbocycles. The maximum absolute atomic E-state index is 11.4. The smallest absolute Gasteiger partial charge is 0.153 e. The van der Waals surface area contributed by atoms with Crippen molar-refractivity contribution < 1.29 is 4.79 Å². The van der Waals surface area contributed by atoms with Crippen LogP contribution in [-0.4, -0.2) is 24.4 Å². The zero-order valence-electron chi connectivity index (χ0n) is 11.5. The van der Waals surface area contributed by atoms with E-state index in [0.717, 1.165) is 46.5 Å². The highest BCUT2D eigenvalue weighted by Gasteiger charge is 2.20. The molecular formula is C16H17BrN2O. The van der Waals surface area contributed by atoms with E-state index in [9.17, 15) is 4.79 Å². The molecule has 1 aliphatic rings. The second-order valence-corrected chi connectivity index (χ2v) is 6.44. The van der Waals surface area contributed by atoms with Gasteiger partial charge >= 0.3 is 0 Å². The van der Waals surface area contributed by atoms with Gasteiger partial charge in [0.25, 0.3) is 0 Å². The third kappa shape index (κ3) is 2.57. The maximum atomic E-state index is 11.4. The standard InChI is InChI=1S/C16H17BrN2O/c1-11-4-6-19(7-5-11)16-13(10-20)8-12-9-14(17)2-3-15(12)18-16/h2-3,8-11H,4-7H2,1H3. The average Bonchev–Trinajstić information content (AvgIpc) is 2.46. The second-order valence-electron chi connectivity index (χ2n) is 5.53. The van der Waals surface area contributed by atoms with Gasteiger partial charge in [-0.15, -0.1) is 0 Å². The van der Waals surface area contributed by atoms with Gasteiger partial charge in [-0.05, 0) is 43.0 Å². The Morgan fingerprint density at radius 1 is 1.30 bits per heavy atom. The number of benzene rings is 1. The summed E-state index contributed by atoms with van der Waals surface area (Å²) in [5.74, 6) is 1.60. The minimum absolute atomic E-state index is 0.685. The first-order chi connectivity index (χ1) is 9.67. The number of carbonyl (C=O) groups excluding carboxylic acids is 1. The van der Waals surface area contributed by atoms with E-state index in [2.05, 4.69) is 27.8 Å². The number of rotatable bonds is 2. The summed E-state index contributed by atoms with van der Waals surface area (Å²) in [6.45, 7) is 4.25. The van der Waals surface area contributed by atoms with Crippen molar-refractivity contribution in [1.82, 2.24) is 4.98 Å². The Labute approximate surface area is 127 Å². The van der Waals surface area contributed by atoms with Crippen LogP contribution in [-0.2, 0) is 0 Å². The second kappa shape index (κ2) is 5.52. The molecule has 0 amide bonds. The van der Waals surface area contributed by atoms with Gasteiger partial charge in [0, 0.05) is 22.9 Å². The summed E-state index contributed by atoms with van der Waals surface area (Å²) in [5.41, 5.74) is 1.62. The summed E-state index contributed by atoms with van der Waals surface area (Å²) >= 11 is 3.45. The van der Waals surface area contributed by atoms with Crippen LogP contribution in [0, 0.1) is 5.92 Å². The number of piperidine rings is 1. The molecule has 3 nitrogen and oxygen atoms in total. The molecule has 1 aliphatic heterocycles. The molecule has 0 spiro atoms. The largest absolute Gasteiger partial charge is 0.356 e. The third-order valence-electron chi connectivity index (χ3n) is 4.00. The number of aldehydes is 1. The van der Waals surface area contributed by atoms with Crippen LogP contribution in [0.25, 0.3) is 10.9 Å². The molecule has 4 heteroatoms. The van der Waals surface area contributed by atoms with Crippen molar-refractivity contribution in [3.05, 3.63) is 34.3 Å². The number of fused-ring (bicyclic) bond motifs is 1. The number of hydrogen-bond acceptors (Lipinski definition) is 3. The predicted octanol–water partition coefficient (Wildman–Crippen LogP) is 4.05. The van der Waals surface area contributed by atoms with Crippen molar-refractivity contribution in [3.8, 4) is 0 Å². The van der Waals surface area contributed by atoms with Crippen molar-refractivity contribution in [3.63, 3.8) is 0 Å². The monoisotopic (exact) mass is 332 g/mol. The van der Waals surface area contributed by atoms with Crippen LogP contribution < -0.4 is 4.90 Å². The van der Waals surface area contributed by atoms with Gasteiger partial charge in [-0.3, -0.25) is 4.79 Å². The Kier molecular flexibility index (Phi) is 3.74. The number of nitrogens with zero attached hydrogens (tertiary/aromatic N) is 2. The van der Waals surface area contributed by atoms with Gasteiger partial charge in [0.1, 0.15) is 5.82 Å². The van der Waals surface area contributed by atoms with E-state index in [1.807, 2.05) is 24.3 Å². The van der Waals surface area contributed by atoms with Gasteiger partial charge in [-0.2, -0.15) is 0 Å². The molecule has 0 N–H and O–H groups in total. The van der Waals surface area contributed by atoms with Crippen LogP contribution in [0.5, 0.6) is 0 Å². The molecular weight excluding hydrogens is 316 g/mol. The molecule has 0 atom stereocenters. The van der Waals surface area contributed by atoms with E-state index in [4.69, 9.17) is 4.98 Å². The Morgan fingerprint density at radius 3 is 2.75 bits per heavy atom. The molecule has 104 valence electrons. The van der Waals surface area contributed by atoms with Crippen molar-refractivity contribution in [2.45, 2.75) is 19.8 Å². The number of halogens is 1. The lowest BCUT2D eigenvalue weighted by Crippen LogP contribution is -2.34. The zero-order chi connectivity index (χ0) is 14.1. The van der Waals surface area contributed by atoms with Crippen LogP contribution in [0.4, 0.5) is 5.82 Å². The molecule has 0 bridgehead atoms. The Morgan fingerprint density at radius 2 is 2.05 bits per heavy atom. The topological polar surface area (TPSA) is 33.2 Å². The van der Waals surface area contributed by atoms with Gasteiger partial charge in [-0.25, -0.2) is 4.98 Å². The Balaban J connectivity index is 2.05. The molecule has 3 rings (SSSR count). The summed E-state index contributed by atoms with van der Waals surface area (Å²) < 4.78 is 1.00. The first-order valence-electron chi connectivity index (χ1n) is 6.98. The number of hydrogen-bond donors (Lipinski definition) is 0. The van der Waals surface area contributed by atoms with Crippen LogP contribution >= 0.6 is 15.9 Å². The van der Waals surface area contributed by atoms with Crippen LogP contribution in [0.1, 0.15) is 30.1 Å². The highest BCUT2D eigenvalue weighted by molar-refractivity contribution is 9.10. The number of anilines is 1. The van der Waals surface area contributed by atoms with Gasteiger partial charge in [0.2, 0.25) is 0 Å². The lowest BCUT2D eigenvalue weighted by molar-refractivity contribution is 0.112. The molecule has 2 aromatic rings. The molecule has 0 radical (unpaired) electrons. The van der Waals surface area contributed by atoms with Crippen LogP contribution in [0.15, 0.2) is 28.7 Å². The molecule has 1 saturated heterocycles. The molecule has 20 heavy (non-hydrogen) atoms. The highest BCUT2D eigenvalue weighted by Crippen LogP contribution is 2.28. The maximum Gasteiger partial charge on any atom is 0.153 e. The summed E-state index contributed by atoms with van der Waals surface area (Å²) in [7, 11) is 0. The molecule has 0 unspecified atom stereocenters. The number of aromatic nitrogens is 1. The molecule has 0 aliphatic carbocycles. The fraction of sp³-hybridized carbons (Fsp3) is 0.375. The van der Waals surface area contributed by atoms with E-state index < -0.39 is 0 Å². The lowest BCUT2D eigenvalue weighted by atomic mass is 9.99. The first kappa shape index (κ1) is 13.6. The normalized spacial score (nSPS) is 16.6. The fourth-order valence-corrected chi connectivity index (χ4v) is 3.09. The quantitative estimate of drug-likeness (QED) is 0.778. The van der Waals surface area contributed by atoms with Crippen molar-refractivity contribution in [2.75, 3.05) is 18.0 Å². The Hall–Kier alpha value is -1.42. The summed E-state index contributed by atoms with van der Waals surface area (Å²) in [6.07, 6.45) is 3.25. The van der Waals surface area contributed by atoms with E-state index in [0.29, 0.717) is 5.56 Å². The van der Waals surface area contributed by atoms with Gasteiger partial charge in [0.05, 0.1) is 11.1 Å². The number of carbonyl (C=O) groups is 1. The van der Waals surface area contributed by atoms with Gasteiger partial charge < -0.3 is 4.90 Å². The van der Waals surface area contributed by atoms with Gasteiger partial charge in [-0.1, -0.05) is 22.9 Å². The highest BCUT2D eigenvalue weighted by atomic mass is 79.9. The molecule has 2 heterocycles. The van der Waals surface area contributed by atoms with Crippen LogP contribution in [0.3, 0.4) is 0 Å². The van der Waals surface area contributed by atoms with E-state index in [1.165, 1.54) is 12.8 Å². The average molecular weight is 333 g/mol. The lowest BCUT2D eigenvalue weighted by Gasteiger charge is -2.32. The molecule has 1 aromatic heterocycles. The zero-order valence-corrected chi connectivity index (χ0v) is 13.1. The van der Waals surface area contributed by atoms with E-state index in [-0.39, 0.29) is 0 Å². The van der Waals surface area contributed by atoms with Crippen molar-refractivity contribution in [2.24, 2.45) is 5.92 Å². The summed E-state index contributed by atoms with van der Waals surface area (Å²) in [6, 6.07) is 7.91. The molecule has 1 aromatic carbocycles. The SMILES string of the molecule is CC1CCN(c2nc3ccc(Br)cc3cc2C=O)CC1. The third-order valence-corrected chi connectivity index (χ3v) is 4.49. The summed E-state index contributed by atoms with van der Waals surface area (Å²) in [5, 5.41) is 0.996. The first-order valence-corrected chi connectivity index (χ1v) is 7.77. The summed E-state index contributed by atoms with van der Waals surface area (Å²) in [4.78, 5) is 18.3. The van der Waals surface area contributed by atoms with Crippen molar-refractivity contribution >= 4 is 38.9 Å². The van der Waals surface area contributed by atoms with E-state index in [1.54, 1.807) is 0 Å². The Bertz CT molecular complexity index is 648. The minimum atomic E-state index is 0.685. The minimum Gasteiger partial charge on any atom is -0.356 e. The van der Waals surface area contributed by atoms with E-state index >= 15 is 0 Å². The molecule has 1 fully saturated rings. The van der Waals surface area contributed by atoms with Crippen LogP contribution in [0.2, 0.25) is 0 Å². The predicted molar refractivity (Wildman–Crippen MR) is 85.4 cm³/mol. The number of pyridine rings is 1. The fourth-order valence-electron chi connectivity index (χ4n) is 2.71. The van der Waals surface area contributed by atoms with Crippen molar-refractivity contribution in [1.29, 1.82) is 0 Å².